The number of nitrogens with one attached hydrogen (secondary N) is 1. The summed E-state index contributed by atoms with van der Waals surface area (Å²) in [5.74, 6) is 0.206. The van der Waals surface area contributed by atoms with Crippen LogP contribution >= 0.6 is 0 Å². The monoisotopic (exact) mass is 309 g/mol. The fraction of sp³-hybridized carbons (Fsp3) is 0.647. The minimum absolute atomic E-state index is 0.113. The number of hydrogen-bond donors (Lipinski definition) is 1. The van der Waals surface area contributed by atoms with E-state index in [1.807, 2.05) is 7.05 Å². The maximum atomic E-state index is 12.7. The van der Waals surface area contributed by atoms with Crippen molar-refractivity contribution in [3.63, 3.8) is 0 Å². The van der Waals surface area contributed by atoms with Gasteiger partial charge in [-0.3, -0.25) is 0 Å². The Balaban J connectivity index is 2.18. The Morgan fingerprint density at radius 2 is 1.86 bits per heavy atom. The maximum absolute atomic E-state index is 12.7. The van der Waals surface area contributed by atoms with Crippen LogP contribution in [0.25, 0.3) is 0 Å². The largest absolute Gasteiger partial charge is 0.312 e. The van der Waals surface area contributed by atoms with Crippen molar-refractivity contribution < 1.29 is 8.42 Å². The summed E-state index contributed by atoms with van der Waals surface area (Å²) < 4.78 is 25.3. The van der Waals surface area contributed by atoms with Crippen molar-refractivity contribution in [3.8, 4) is 0 Å². The maximum Gasteiger partial charge on any atom is 0.155 e. The van der Waals surface area contributed by atoms with Crippen molar-refractivity contribution in [1.29, 1.82) is 0 Å². The second kappa shape index (κ2) is 6.93. The second-order valence-electron chi connectivity index (χ2n) is 6.29. The summed E-state index contributed by atoms with van der Waals surface area (Å²) in [6.45, 7) is 4.11. The van der Waals surface area contributed by atoms with Crippen molar-refractivity contribution in [2.24, 2.45) is 0 Å². The lowest BCUT2D eigenvalue weighted by molar-refractivity contribution is 0.479. The van der Waals surface area contributed by atoms with Crippen LogP contribution in [-0.4, -0.2) is 26.5 Å². The molecule has 1 aliphatic rings. The molecule has 3 nitrogen and oxygen atoms in total. The zero-order valence-electron chi connectivity index (χ0n) is 13.4. The van der Waals surface area contributed by atoms with Gasteiger partial charge in [-0.1, -0.05) is 43.0 Å². The Kier molecular flexibility index (Phi) is 5.44. The van der Waals surface area contributed by atoms with Gasteiger partial charge in [0.2, 0.25) is 0 Å². The van der Waals surface area contributed by atoms with Gasteiger partial charge in [-0.2, -0.15) is 0 Å². The SMILES string of the molecule is CNC(CS(=O)(=O)C1CCCCC1)c1ccc(C)cc1C. The molecule has 21 heavy (non-hydrogen) atoms. The topological polar surface area (TPSA) is 46.2 Å². The first kappa shape index (κ1) is 16.5. The number of hydrogen-bond acceptors (Lipinski definition) is 3. The van der Waals surface area contributed by atoms with Crippen LogP contribution in [0, 0.1) is 13.8 Å². The van der Waals surface area contributed by atoms with Crippen LogP contribution in [0.2, 0.25) is 0 Å². The van der Waals surface area contributed by atoms with E-state index in [4.69, 9.17) is 0 Å². The zero-order valence-corrected chi connectivity index (χ0v) is 14.2. The first-order chi connectivity index (χ1) is 9.94. The first-order valence-electron chi connectivity index (χ1n) is 7.90. The summed E-state index contributed by atoms with van der Waals surface area (Å²) in [5.41, 5.74) is 3.47. The van der Waals surface area contributed by atoms with Crippen molar-refractivity contribution in [2.75, 3.05) is 12.8 Å². The third kappa shape index (κ3) is 4.07. The minimum atomic E-state index is -3.03. The van der Waals surface area contributed by atoms with E-state index in [0.29, 0.717) is 0 Å². The number of rotatable bonds is 5. The van der Waals surface area contributed by atoms with Crippen LogP contribution in [0.15, 0.2) is 18.2 Å². The van der Waals surface area contributed by atoms with Gasteiger partial charge in [0.1, 0.15) is 0 Å². The highest BCUT2D eigenvalue weighted by molar-refractivity contribution is 7.92. The molecule has 0 amide bonds. The molecular weight excluding hydrogens is 282 g/mol. The highest BCUT2D eigenvalue weighted by Gasteiger charge is 2.30. The third-order valence-corrected chi connectivity index (χ3v) is 6.89. The van der Waals surface area contributed by atoms with Crippen molar-refractivity contribution in [2.45, 2.75) is 57.2 Å². The molecule has 1 aromatic carbocycles. The molecule has 0 heterocycles. The van der Waals surface area contributed by atoms with E-state index in [1.54, 1.807) is 0 Å². The van der Waals surface area contributed by atoms with E-state index in [9.17, 15) is 8.42 Å². The molecule has 1 N–H and O–H groups in total. The third-order valence-electron chi connectivity index (χ3n) is 4.61. The van der Waals surface area contributed by atoms with Crippen LogP contribution in [0.3, 0.4) is 0 Å². The molecule has 1 unspecified atom stereocenters. The summed E-state index contributed by atoms with van der Waals surface area (Å²) in [6.07, 6.45) is 4.96. The number of benzene rings is 1. The van der Waals surface area contributed by atoms with Gasteiger partial charge in [0, 0.05) is 6.04 Å². The molecule has 0 aromatic heterocycles. The average Bonchev–Trinajstić information content (AvgIpc) is 2.46. The molecule has 0 saturated heterocycles. The van der Waals surface area contributed by atoms with Gasteiger partial charge in [-0.15, -0.1) is 0 Å². The molecule has 0 radical (unpaired) electrons. The second-order valence-corrected chi connectivity index (χ2v) is 8.62. The molecule has 0 bridgehead atoms. The minimum Gasteiger partial charge on any atom is -0.312 e. The highest BCUT2D eigenvalue weighted by Crippen LogP contribution is 2.28. The fourth-order valence-electron chi connectivity index (χ4n) is 3.34. The van der Waals surface area contributed by atoms with E-state index in [1.165, 1.54) is 12.0 Å². The molecule has 1 aromatic rings. The Morgan fingerprint density at radius 3 is 2.43 bits per heavy atom. The molecule has 2 rings (SSSR count). The fourth-order valence-corrected chi connectivity index (χ4v) is 5.47. The molecule has 1 fully saturated rings. The standard InChI is InChI=1S/C17H27NO2S/c1-13-9-10-16(14(2)11-13)17(18-3)12-21(19,20)15-7-5-4-6-8-15/h9-11,15,17-18H,4-8,12H2,1-3H3. The predicted octanol–water partition coefficient (Wildman–Crippen LogP) is 3.31. The van der Waals surface area contributed by atoms with Gasteiger partial charge in [0.25, 0.3) is 0 Å². The van der Waals surface area contributed by atoms with Gasteiger partial charge in [0.05, 0.1) is 11.0 Å². The number of sulfone groups is 1. The Hall–Kier alpha value is -0.870. The van der Waals surface area contributed by atoms with Crippen molar-refractivity contribution in [3.05, 3.63) is 34.9 Å². The number of aryl methyl sites for hydroxylation is 2. The first-order valence-corrected chi connectivity index (χ1v) is 9.61. The highest BCUT2D eigenvalue weighted by atomic mass is 32.2. The molecule has 118 valence electrons. The van der Waals surface area contributed by atoms with Gasteiger partial charge >= 0.3 is 0 Å². The van der Waals surface area contributed by atoms with Gasteiger partial charge < -0.3 is 5.32 Å². The molecule has 0 aliphatic heterocycles. The van der Waals surface area contributed by atoms with Gasteiger partial charge in [-0.05, 0) is 44.9 Å². The van der Waals surface area contributed by atoms with E-state index in [2.05, 4.69) is 37.4 Å². The van der Waals surface area contributed by atoms with Crippen LogP contribution < -0.4 is 5.32 Å². The van der Waals surface area contributed by atoms with Crippen LogP contribution in [0.4, 0.5) is 0 Å². The van der Waals surface area contributed by atoms with Crippen LogP contribution in [0.5, 0.6) is 0 Å². The molecule has 4 heteroatoms. The lowest BCUT2D eigenvalue weighted by Gasteiger charge is -2.25. The summed E-state index contributed by atoms with van der Waals surface area (Å²) in [4.78, 5) is 0. The van der Waals surface area contributed by atoms with Gasteiger partial charge in [-0.25, -0.2) is 8.42 Å². The van der Waals surface area contributed by atoms with E-state index < -0.39 is 9.84 Å². The van der Waals surface area contributed by atoms with E-state index in [0.717, 1.165) is 36.8 Å². The quantitative estimate of drug-likeness (QED) is 0.907. The molecular formula is C17H27NO2S. The summed E-state index contributed by atoms with van der Waals surface area (Å²) in [7, 11) is -1.18. The molecule has 1 aliphatic carbocycles. The Morgan fingerprint density at radius 1 is 1.19 bits per heavy atom. The Bertz CT molecular complexity index is 574. The van der Waals surface area contributed by atoms with Gasteiger partial charge in [0.15, 0.2) is 9.84 Å². The summed E-state index contributed by atoms with van der Waals surface area (Å²) >= 11 is 0. The lowest BCUT2D eigenvalue weighted by atomic mass is 10.00. The average molecular weight is 309 g/mol. The zero-order chi connectivity index (χ0) is 15.5. The smallest absolute Gasteiger partial charge is 0.155 e. The van der Waals surface area contributed by atoms with E-state index in [-0.39, 0.29) is 17.0 Å². The normalized spacial score (nSPS) is 18.6. The molecule has 0 spiro atoms. The van der Waals surface area contributed by atoms with Crippen molar-refractivity contribution in [1.82, 2.24) is 5.32 Å². The van der Waals surface area contributed by atoms with Crippen molar-refractivity contribution >= 4 is 9.84 Å². The summed E-state index contributed by atoms with van der Waals surface area (Å²) in [6, 6.07) is 6.12. The van der Waals surface area contributed by atoms with Crippen LogP contribution in [0.1, 0.15) is 54.8 Å². The molecule has 1 atom stereocenters. The Labute approximate surface area is 129 Å². The summed E-state index contributed by atoms with van der Waals surface area (Å²) in [5, 5.41) is 3.06. The van der Waals surface area contributed by atoms with E-state index >= 15 is 0 Å². The van der Waals surface area contributed by atoms with Crippen LogP contribution in [-0.2, 0) is 9.84 Å². The molecule has 1 saturated carbocycles. The lowest BCUT2D eigenvalue weighted by Crippen LogP contribution is -2.33. The predicted molar refractivity (Wildman–Crippen MR) is 88.4 cm³/mol.